The first kappa shape index (κ1) is 26.0. The second-order valence-corrected chi connectivity index (χ2v) is 11.4. The predicted octanol–water partition coefficient (Wildman–Crippen LogP) is 2.13. The van der Waals surface area contributed by atoms with E-state index in [-0.39, 0.29) is 15.8 Å². The van der Waals surface area contributed by atoms with Gasteiger partial charge in [-0.15, -0.1) is 0 Å². The summed E-state index contributed by atoms with van der Waals surface area (Å²) in [6.07, 6.45) is 1.50. The number of rotatable bonds is 10. The highest BCUT2D eigenvalue weighted by atomic mass is 32.2. The highest BCUT2D eigenvalue weighted by molar-refractivity contribution is 7.89. The van der Waals surface area contributed by atoms with Gasteiger partial charge in [-0.2, -0.15) is 0 Å². The van der Waals surface area contributed by atoms with E-state index in [1.54, 1.807) is 17.7 Å². The van der Waals surface area contributed by atoms with Crippen LogP contribution in [0.4, 0.5) is 0 Å². The molecule has 0 aliphatic carbocycles. The highest BCUT2D eigenvalue weighted by Gasteiger charge is 2.20. The zero-order valence-corrected chi connectivity index (χ0v) is 21.0. The number of aromatic nitrogens is 1. The molecule has 0 aliphatic heterocycles. The highest BCUT2D eigenvalue weighted by Crippen LogP contribution is 2.19. The molecule has 1 aromatic heterocycles. The van der Waals surface area contributed by atoms with Crippen molar-refractivity contribution in [1.29, 1.82) is 0 Å². The minimum Gasteiger partial charge on any atom is -0.351 e. The van der Waals surface area contributed by atoms with Crippen LogP contribution in [0.5, 0.6) is 0 Å². The first-order chi connectivity index (χ1) is 14.8. The van der Waals surface area contributed by atoms with Gasteiger partial charge in [0.1, 0.15) is 5.56 Å². The number of amides is 1. The minimum absolute atomic E-state index is 0.00123. The molecule has 32 heavy (non-hydrogen) atoms. The van der Waals surface area contributed by atoms with E-state index in [2.05, 4.69) is 37.9 Å². The SMILES string of the molecule is CC(C)CN(CCNC(=O)c1cn(C)c2ccc(S(=O)(=O)N(C)C)cc2c1=O)CC(C)C. The van der Waals surface area contributed by atoms with Gasteiger partial charge >= 0.3 is 0 Å². The number of aryl methyl sites for hydroxylation is 1. The number of carbonyl (C=O) groups is 1. The van der Waals surface area contributed by atoms with Crippen molar-refractivity contribution in [1.82, 2.24) is 19.1 Å². The largest absolute Gasteiger partial charge is 0.351 e. The molecule has 1 aromatic carbocycles. The van der Waals surface area contributed by atoms with Crippen LogP contribution >= 0.6 is 0 Å². The molecule has 9 heteroatoms. The number of sulfonamides is 1. The lowest BCUT2D eigenvalue weighted by atomic mass is 10.1. The van der Waals surface area contributed by atoms with Crippen LogP contribution in [0.3, 0.4) is 0 Å². The Kier molecular flexibility index (Phi) is 8.61. The van der Waals surface area contributed by atoms with Crippen LogP contribution in [0.1, 0.15) is 38.1 Å². The van der Waals surface area contributed by atoms with Gasteiger partial charge in [0.05, 0.1) is 10.4 Å². The Labute approximate surface area is 191 Å². The lowest BCUT2D eigenvalue weighted by Crippen LogP contribution is -2.39. The monoisotopic (exact) mass is 464 g/mol. The molecule has 1 heterocycles. The molecule has 0 aliphatic rings. The summed E-state index contributed by atoms with van der Waals surface area (Å²) in [7, 11) is 0.900. The van der Waals surface area contributed by atoms with Crippen molar-refractivity contribution < 1.29 is 13.2 Å². The third-order valence-corrected chi connectivity index (χ3v) is 6.95. The zero-order chi connectivity index (χ0) is 24.2. The predicted molar refractivity (Wildman–Crippen MR) is 129 cm³/mol. The summed E-state index contributed by atoms with van der Waals surface area (Å²) < 4.78 is 27.7. The third kappa shape index (κ3) is 6.17. The van der Waals surface area contributed by atoms with Gasteiger partial charge in [-0.1, -0.05) is 27.7 Å². The van der Waals surface area contributed by atoms with Crippen LogP contribution in [0, 0.1) is 11.8 Å². The number of benzene rings is 1. The Hall–Kier alpha value is -2.23. The van der Waals surface area contributed by atoms with E-state index < -0.39 is 21.4 Å². The average molecular weight is 465 g/mol. The van der Waals surface area contributed by atoms with Crippen molar-refractivity contribution >= 4 is 26.8 Å². The quantitative estimate of drug-likeness (QED) is 0.582. The van der Waals surface area contributed by atoms with Crippen LogP contribution in [0.2, 0.25) is 0 Å². The second kappa shape index (κ2) is 10.6. The van der Waals surface area contributed by atoms with Gasteiger partial charge in [0.25, 0.3) is 5.91 Å². The van der Waals surface area contributed by atoms with Gasteiger partial charge in [0.15, 0.2) is 0 Å². The van der Waals surface area contributed by atoms with E-state index >= 15 is 0 Å². The maximum atomic E-state index is 13.1. The number of fused-ring (bicyclic) bond motifs is 1. The topological polar surface area (TPSA) is 91.7 Å². The number of hydrogen-bond acceptors (Lipinski definition) is 5. The van der Waals surface area contributed by atoms with Gasteiger partial charge < -0.3 is 14.8 Å². The molecule has 178 valence electrons. The molecular formula is C23H36N4O4S. The summed E-state index contributed by atoms with van der Waals surface area (Å²) in [6.45, 7) is 11.6. The Morgan fingerprint density at radius 1 is 1.09 bits per heavy atom. The molecule has 0 fully saturated rings. The Bertz CT molecular complexity index is 1110. The van der Waals surface area contributed by atoms with Crippen molar-refractivity contribution in [2.24, 2.45) is 18.9 Å². The molecule has 0 spiro atoms. The smallest absolute Gasteiger partial charge is 0.256 e. The van der Waals surface area contributed by atoms with Crippen molar-refractivity contribution in [3.8, 4) is 0 Å². The van der Waals surface area contributed by atoms with E-state index in [1.807, 2.05) is 0 Å². The van der Waals surface area contributed by atoms with E-state index in [9.17, 15) is 18.0 Å². The van der Waals surface area contributed by atoms with E-state index in [4.69, 9.17) is 0 Å². The Balaban J connectivity index is 2.29. The standard InChI is InChI=1S/C23H36N4O4S/c1-16(2)13-27(14-17(3)4)11-10-24-23(29)20-15-26(7)21-9-8-18(12-19(21)22(20)28)32(30,31)25(5)6/h8-9,12,15-17H,10-11,13-14H2,1-7H3,(H,24,29). The Morgan fingerprint density at radius 2 is 1.69 bits per heavy atom. The molecule has 1 amide bonds. The first-order valence-electron chi connectivity index (χ1n) is 10.9. The minimum atomic E-state index is -3.70. The van der Waals surface area contributed by atoms with Gasteiger partial charge in [-0.3, -0.25) is 9.59 Å². The fourth-order valence-corrected chi connectivity index (χ4v) is 4.65. The van der Waals surface area contributed by atoms with Crippen LogP contribution < -0.4 is 10.7 Å². The third-order valence-electron chi connectivity index (χ3n) is 5.14. The number of pyridine rings is 1. The van der Waals surface area contributed by atoms with Crippen LogP contribution in [0.15, 0.2) is 34.1 Å². The van der Waals surface area contributed by atoms with Crippen molar-refractivity contribution in [2.45, 2.75) is 32.6 Å². The summed E-state index contributed by atoms with van der Waals surface area (Å²) >= 11 is 0. The molecule has 0 saturated carbocycles. The van der Waals surface area contributed by atoms with Crippen molar-refractivity contribution in [3.63, 3.8) is 0 Å². The molecular weight excluding hydrogens is 428 g/mol. The summed E-state index contributed by atoms with van der Waals surface area (Å²) in [5, 5.41) is 3.05. The number of nitrogens with zero attached hydrogens (tertiary/aromatic N) is 3. The van der Waals surface area contributed by atoms with E-state index in [1.165, 1.54) is 32.4 Å². The van der Waals surface area contributed by atoms with Gasteiger partial charge in [0, 0.05) is 58.9 Å². The first-order valence-corrected chi connectivity index (χ1v) is 12.3. The van der Waals surface area contributed by atoms with Crippen molar-refractivity contribution in [3.05, 3.63) is 40.2 Å². The molecule has 2 aromatic rings. The molecule has 2 rings (SSSR count). The van der Waals surface area contributed by atoms with Gasteiger partial charge in [0.2, 0.25) is 15.5 Å². The molecule has 0 saturated heterocycles. The normalized spacial score (nSPS) is 12.5. The number of hydrogen-bond donors (Lipinski definition) is 1. The van der Waals surface area contributed by atoms with E-state index in [0.717, 1.165) is 17.4 Å². The molecule has 1 N–H and O–H groups in total. The molecule has 0 bridgehead atoms. The molecule has 0 unspecified atom stereocenters. The Morgan fingerprint density at radius 3 is 2.22 bits per heavy atom. The lowest BCUT2D eigenvalue weighted by molar-refractivity contribution is 0.0944. The fraction of sp³-hybridized carbons (Fsp3) is 0.565. The average Bonchev–Trinajstić information content (AvgIpc) is 2.69. The summed E-state index contributed by atoms with van der Waals surface area (Å²) in [5.41, 5.74) is 0.0793. The molecule has 0 atom stereocenters. The van der Waals surface area contributed by atoms with Gasteiger partial charge in [-0.25, -0.2) is 12.7 Å². The lowest BCUT2D eigenvalue weighted by Gasteiger charge is -2.26. The van der Waals surface area contributed by atoms with E-state index in [0.29, 0.717) is 30.4 Å². The van der Waals surface area contributed by atoms with Crippen molar-refractivity contribution in [2.75, 3.05) is 40.3 Å². The molecule has 8 nitrogen and oxygen atoms in total. The number of nitrogens with one attached hydrogen (secondary N) is 1. The number of carbonyl (C=O) groups excluding carboxylic acids is 1. The van der Waals surface area contributed by atoms with Crippen LogP contribution in [-0.2, 0) is 17.1 Å². The summed E-state index contributed by atoms with van der Waals surface area (Å²) in [6, 6.07) is 4.40. The van der Waals surface area contributed by atoms with Gasteiger partial charge in [-0.05, 0) is 30.0 Å². The summed E-state index contributed by atoms with van der Waals surface area (Å²) in [5.74, 6) is 0.581. The zero-order valence-electron chi connectivity index (χ0n) is 20.2. The fourth-order valence-electron chi connectivity index (χ4n) is 3.72. The molecule has 0 radical (unpaired) electrons. The summed E-state index contributed by atoms with van der Waals surface area (Å²) in [4.78, 5) is 28.2. The second-order valence-electron chi connectivity index (χ2n) is 9.25. The van der Waals surface area contributed by atoms with Crippen LogP contribution in [-0.4, -0.2) is 68.4 Å². The maximum absolute atomic E-state index is 13.1. The van der Waals surface area contributed by atoms with Crippen LogP contribution in [0.25, 0.3) is 10.9 Å². The maximum Gasteiger partial charge on any atom is 0.256 e.